The van der Waals surface area contributed by atoms with Crippen LogP contribution in [-0.2, 0) is 10.8 Å². The van der Waals surface area contributed by atoms with Gasteiger partial charge in [0.2, 0.25) is 10.7 Å². The van der Waals surface area contributed by atoms with Crippen molar-refractivity contribution in [2.75, 3.05) is 6.26 Å². The number of H-pyrrole nitrogens is 1. The molecule has 1 atom stereocenters. The maximum Gasteiger partial charge on any atom is 0.249 e. The van der Waals surface area contributed by atoms with Crippen LogP contribution in [0.3, 0.4) is 0 Å². The fourth-order valence-electron chi connectivity index (χ4n) is 1.30. The number of aromatic amines is 1. The third-order valence-corrected chi connectivity index (χ3v) is 2.71. The lowest BCUT2D eigenvalue weighted by atomic mass is 10.2. The number of rotatable bonds is 1. The van der Waals surface area contributed by atoms with Crippen molar-refractivity contribution in [3.8, 4) is 0 Å². The van der Waals surface area contributed by atoms with E-state index in [-0.39, 0.29) is 10.7 Å². The zero-order valence-electron chi connectivity index (χ0n) is 8.27. The Kier molecular flexibility index (Phi) is 2.36. The first kappa shape index (κ1) is 9.97. The number of aryl methyl sites for hydroxylation is 1. The van der Waals surface area contributed by atoms with Gasteiger partial charge in [0.15, 0.2) is 0 Å². The average Bonchev–Trinajstić information content (AvgIpc) is 2.16. The second-order valence-corrected chi connectivity index (χ2v) is 4.40. The molecule has 15 heavy (non-hydrogen) atoms. The molecule has 0 radical (unpaired) electrons. The molecule has 1 unspecified atom stereocenters. The highest BCUT2D eigenvalue weighted by Crippen LogP contribution is 2.11. The number of nitrogens with one attached hydrogen (secondary N) is 1. The lowest BCUT2D eigenvalue weighted by Crippen LogP contribution is -2.07. The van der Waals surface area contributed by atoms with Gasteiger partial charge in [0.05, 0.1) is 16.5 Å². The van der Waals surface area contributed by atoms with Crippen molar-refractivity contribution in [1.29, 1.82) is 0 Å². The molecule has 2 aromatic rings. The van der Waals surface area contributed by atoms with E-state index < -0.39 is 10.8 Å². The normalized spacial score (nSPS) is 12.9. The molecule has 0 aliphatic rings. The maximum atomic E-state index is 11.2. The van der Waals surface area contributed by atoms with Crippen molar-refractivity contribution in [2.24, 2.45) is 0 Å². The van der Waals surface area contributed by atoms with Gasteiger partial charge in [-0.2, -0.15) is 0 Å². The standard InChI is InChI=1S/C9H9N3O2S/c1-5-6-3-4-7(13)11-8(6)12-9(10-5)15(2)14/h3-4H,1-2H3,(H,10,11,12,13). The SMILES string of the molecule is Cc1nc(S(C)=O)nc2[nH]c(=O)ccc12. The van der Waals surface area contributed by atoms with Gasteiger partial charge in [-0.1, -0.05) is 0 Å². The van der Waals surface area contributed by atoms with Crippen LogP contribution in [0, 0.1) is 6.92 Å². The Morgan fingerprint density at radius 2 is 2.07 bits per heavy atom. The zero-order valence-corrected chi connectivity index (χ0v) is 9.09. The molecule has 0 aliphatic carbocycles. The third kappa shape index (κ3) is 1.80. The second-order valence-electron chi connectivity index (χ2n) is 3.13. The largest absolute Gasteiger partial charge is 0.306 e. The first-order valence-electron chi connectivity index (χ1n) is 4.29. The summed E-state index contributed by atoms with van der Waals surface area (Å²) in [5.74, 6) is 0. The Morgan fingerprint density at radius 1 is 1.33 bits per heavy atom. The summed E-state index contributed by atoms with van der Waals surface area (Å²) in [7, 11) is -1.25. The Morgan fingerprint density at radius 3 is 2.73 bits per heavy atom. The zero-order chi connectivity index (χ0) is 11.0. The molecule has 0 bridgehead atoms. The molecule has 78 valence electrons. The second kappa shape index (κ2) is 3.54. The van der Waals surface area contributed by atoms with E-state index in [4.69, 9.17) is 0 Å². The summed E-state index contributed by atoms with van der Waals surface area (Å²) >= 11 is 0. The number of fused-ring (bicyclic) bond motifs is 1. The Hall–Kier alpha value is -1.56. The van der Waals surface area contributed by atoms with Gasteiger partial charge in [-0.25, -0.2) is 9.97 Å². The van der Waals surface area contributed by atoms with E-state index in [9.17, 15) is 9.00 Å². The molecule has 0 aliphatic heterocycles. The molecule has 2 heterocycles. The predicted molar refractivity (Wildman–Crippen MR) is 57.2 cm³/mol. The van der Waals surface area contributed by atoms with E-state index >= 15 is 0 Å². The minimum atomic E-state index is -1.25. The molecule has 2 aromatic heterocycles. The molecule has 0 fully saturated rings. The van der Waals surface area contributed by atoms with Crippen molar-refractivity contribution in [2.45, 2.75) is 12.1 Å². The van der Waals surface area contributed by atoms with Crippen LogP contribution in [0.2, 0.25) is 0 Å². The van der Waals surface area contributed by atoms with E-state index in [0.29, 0.717) is 11.3 Å². The smallest absolute Gasteiger partial charge is 0.249 e. The van der Waals surface area contributed by atoms with Gasteiger partial charge >= 0.3 is 0 Å². The minimum Gasteiger partial charge on any atom is -0.306 e. The molecular formula is C9H9N3O2S. The molecule has 5 nitrogen and oxygen atoms in total. The van der Waals surface area contributed by atoms with E-state index in [0.717, 1.165) is 5.39 Å². The fraction of sp³-hybridized carbons (Fsp3) is 0.222. The molecule has 1 N–H and O–H groups in total. The highest BCUT2D eigenvalue weighted by atomic mass is 32.2. The third-order valence-electron chi connectivity index (χ3n) is 2.02. The molecule has 0 saturated heterocycles. The van der Waals surface area contributed by atoms with Crippen LogP contribution in [0.25, 0.3) is 11.0 Å². The molecule has 2 rings (SSSR count). The number of nitrogens with zero attached hydrogens (tertiary/aromatic N) is 2. The molecule has 0 aromatic carbocycles. The van der Waals surface area contributed by atoms with Gasteiger partial charge in [-0.3, -0.25) is 9.00 Å². The topological polar surface area (TPSA) is 75.7 Å². The van der Waals surface area contributed by atoms with Crippen LogP contribution in [0.1, 0.15) is 5.69 Å². The Balaban J connectivity index is 2.85. The van der Waals surface area contributed by atoms with Crippen LogP contribution < -0.4 is 5.56 Å². The van der Waals surface area contributed by atoms with Crippen molar-refractivity contribution >= 4 is 21.8 Å². The van der Waals surface area contributed by atoms with E-state index in [2.05, 4.69) is 15.0 Å². The van der Waals surface area contributed by atoms with Crippen LogP contribution in [0.15, 0.2) is 22.1 Å². The van der Waals surface area contributed by atoms with Crippen LogP contribution >= 0.6 is 0 Å². The van der Waals surface area contributed by atoms with Crippen molar-refractivity contribution in [1.82, 2.24) is 15.0 Å². The number of aromatic nitrogens is 3. The van der Waals surface area contributed by atoms with Gasteiger partial charge in [0.1, 0.15) is 5.65 Å². The first-order chi connectivity index (χ1) is 7.08. The summed E-state index contributed by atoms with van der Waals surface area (Å²) in [5.41, 5.74) is 0.912. The van der Waals surface area contributed by atoms with Crippen molar-refractivity contribution in [3.63, 3.8) is 0 Å². The highest BCUT2D eigenvalue weighted by molar-refractivity contribution is 7.84. The predicted octanol–water partition coefficient (Wildman–Crippen LogP) is 0.364. The molecule has 0 spiro atoms. The average molecular weight is 223 g/mol. The number of hydrogen-bond acceptors (Lipinski definition) is 4. The van der Waals surface area contributed by atoms with Crippen LogP contribution in [-0.4, -0.2) is 25.4 Å². The first-order valence-corrected chi connectivity index (χ1v) is 5.85. The van der Waals surface area contributed by atoms with E-state index in [1.165, 1.54) is 12.3 Å². The monoisotopic (exact) mass is 223 g/mol. The number of hydrogen-bond donors (Lipinski definition) is 1. The van der Waals surface area contributed by atoms with E-state index in [1.807, 2.05) is 0 Å². The van der Waals surface area contributed by atoms with Crippen molar-refractivity contribution in [3.05, 3.63) is 28.2 Å². The molecular weight excluding hydrogens is 214 g/mol. The lowest BCUT2D eigenvalue weighted by molar-refractivity contribution is 0.679. The quantitative estimate of drug-likeness (QED) is 0.708. The maximum absolute atomic E-state index is 11.2. The Labute approximate surface area is 88.0 Å². The molecule has 0 saturated carbocycles. The number of pyridine rings is 1. The van der Waals surface area contributed by atoms with Gasteiger partial charge in [-0.05, 0) is 13.0 Å². The van der Waals surface area contributed by atoms with E-state index in [1.54, 1.807) is 13.0 Å². The lowest BCUT2D eigenvalue weighted by Gasteiger charge is -2.02. The summed E-state index contributed by atoms with van der Waals surface area (Å²) in [6, 6.07) is 3.08. The van der Waals surface area contributed by atoms with Gasteiger partial charge in [0.25, 0.3) is 0 Å². The molecule has 0 amide bonds. The van der Waals surface area contributed by atoms with Gasteiger partial charge in [-0.15, -0.1) is 0 Å². The summed E-state index contributed by atoms with van der Waals surface area (Å²) in [5, 5.41) is 1.01. The van der Waals surface area contributed by atoms with Crippen molar-refractivity contribution < 1.29 is 4.21 Å². The fourth-order valence-corrected chi connectivity index (χ4v) is 1.78. The van der Waals surface area contributed by atoms with Crippen LogP contribution in [0.5, 0.6) is 0 Å². The van der Waals surface area contributed by atoms with Crippen LogP contribution in [0.4, 0.5) is 0 Å². The Bertz CT molecular complexity index is 606. The molecule has 6 heteroatoms. The van der Waals surface area contributed by atoms with Gasteiger partial charge < -0.3 is 4.98 Å². The summed E-state index contributed by atoms with van der Waals surface area (Å²) in [6.45, 7) is 1.79. The summed E-state index contributed by atoms with van der Waals surface area (Å²) in [6.07, 6.45) is 1.50. The summed E-state index contributed by atoms with van der Waals surface area (Å²) < 4.78 is 11.2. The minimum absolute atomic E-state index is 0.228. The highest BCUT2D eigenvalue weighted by Gasteiger charge is 2.07. The summed E-state index contributed by atoms with van der Waals surface area (Å²) in [4.78, 5) is 21.8. The van der Waals surface area contributed by atoms with Gasteiger partial charge in [0, 0.05) is 17.7 Å².